The molecule has 5 fully saturated rings. The molecule has 4 saturated carbocycles. The summed E-state index contributed by atoms with van der Waals surface area (Å²) in [5, 5.41) is 0. The van der Waals surface area contributed by atoms with Crippen LogP contribution in [0.3, 0.4) is 0 Å². The van der Waals surface area contributed by atoms with Crippen LogP contribution in [-0.4, -0.2) is 48.7 Å². The smallest absolute Gasteiger partial charge is 0.307 e. The normalized spacial score (nSPS) is 39.9. The summed E-state index contributed by atoms with van der Waals surface area (Å²) in [6, 6.07) is 0. The van der Waals surface area contributed by atoms with Crippen LogP contribution in [0, 0.1) is 17.8 Å². The highest BCUT2D eigenvalue weighted by molar-refractivity contribution is 5.82. The van der Waals surface area contributed by atoms with E-state index in [0.29, 0.717) is 13.2 Å². The predicted octanol–water partition coefficient (Wildman–Crippen LogP) is 2.53. The Balaban J connectivity index is 1.56. The molecule has 5 rings (SSSR count). The van der Waals surface area contributed by atoms with Gasteiger partial charge in [0, 0.05) is 18.7 Å². The largest absolute Gasteiger partial charge is 0.469 e. The second kappa shape index (κ2) is 6.32. The van der Waals surface area contributed by atoms with Gasteiger partial charge in [-0.3, -0.25) is 9.59 Å². The number of hydrogen-bond donors (Lipinski definition) is 0. The van der Waals surface area contributed by atoms with Gasteiger partial charge in [-0.1, -0.05) is 0 Å². The Labute approximate surface area is 144 Å². The molecule has 5 heteroatoms. The van der Waals surface area contributed by atoms with Gasteiger partial charge in [0.1, 0.15) is 6.10 Å². The Hall–Kier alpha value is -1.10. The summed E-state index contributed by atoms with van der Waals surface area (Å²) in [6.07, 6.45) is 9.18. The van der Waals surface area contributed by atoms with Crippen LogP contribution < -0.4 is 0 Å². The van der Waals surface area contributed by atoms with Crippen LogP contribution in [0.25, 0.3) is 0 Å². The lowest BCUT2D eigenvalue weighted by Crippen LogP contribution is -2.63. The monoisotopic (exact) mass is 335 g/mol. The van der Waals surface area contributed by atoms with Gasteiger partial charge in [-0.25, -0.2) is 0 Å². The molecule has 0 aromatic rings. The number of methoxy groups -OCH3 is 1. The zero-order valence-corrected chi connectivity index (χ0v) is 14.7. The van der Waals surface area contributed by atoms with Gasteiger partial charge in [0.05, 0.1) is 13.5 Å². The predicted molar refractivity (Wildman–Crippen MR) is 88.2 cm³/mol. The quantitative estimate of drug-likeness (QED) is 0.725. The molecule has 0 N–H and O–H groups in total. The van der Waals surface area contributed by atoms with E-state index in [1.807, 2.05) is 0 Å². The van der Waals surface area contributed by atoms with Crippen LogP contribution in [0.15, 0.2) is 0 Å². The second-order valence-electron chi connectivity index (χ2n) is 8.46. The van der Waals surface area contributed by atoms with E-state index >= 15 is 0 Å². The topological polar surface area (TPSA) is 55.8 Å². The maximum absolute atomic E-state index is 13.2. The minimum atomic E-state index is -0.296. The van der Waals surface area contributed by atoms with E-state index in [0.717, 1.165) is 49.9 Å². The van der Waals surface area contributed by atoms with Gasteiger partial charge < -0.3 is 14.4 Å². The Morgan fingerprint density at radius 2 is 1.75 bits per heavy atom. The molecular formula is C19H29NO4. The number of ether oxygens (including phenoxy) is 2. The van der Waals surface area contributed by atoms with Crippen molar-refractivity contribution in [2.24, 2.45) is 17.8 Å². The van der Waals surface area contributed by atoms with Gasteiger partial charge in [0.2, 0.25) is 0 Å². The van der Waals surface area contributed by atoms with Crippen molar-refractivity contribution >= 4 is 11.9 Å². The molecule has 0 aromatic carbocycles. The van der Waals surface area contributed by atoms with Gasteiger partial charge in [-0.2, -0.15) is 0 Å². The molecule has 5 nitrogen and oxygen atoms in total. The summed E-state index contributed by atoms with van der Waals surface area (Å²) >= 11 is 0. The van der Waals surface area contributed by atoms with Crippen molar-refractivity contribution in [2.75, 3.05) is 20.3 Å². The molecule has 1 saturated heterocycles. The highest BCUT2D eigenvalue weighted by Crippen LogP contribution is 2.58. The maximum atomic E-state index is 13.2. The standard InChI is InChI=1S/C19H29NO4/c1-23-17(21)4-5-20(18(22)16-3-2-6-24-16)19-10-13-7-14(11-19)9-15(8-13)12-19/h13-16H,2-12H2,1H3. The Morgan fingerprint density at radius 1 is 1.12 bits per heavy atom. The third-order valence-corrected chi connectivity index (χ3v) is 6.82. The molecule has 1 unspecified atom stereocenters. The number of carbonyl (C=O) groups excluding carboxylic acids is 2. The summed E-state index contributed by atoms with van der Waals surface area (Å²) in [4.78, 5) is 27.0. The van der Waals surface area contributed by atoms with Crippen LogP contribution in [0.1, 0.15) is 57.8 Å². The fraction of sp³-hybridized carbons (Fsp3) is 0.895. The molecule has 0 aromatic heterocycles. The fourth-order valence-corrected chi connectivity index (χ4v) is 6.23. The van der Waals surface area contributed by atoms with Crippen molar-refractivity contribution in [3.8, 4) is 0 Å². The molecule has 1 aliphatic heterocycles. The number of carbonyl (C=O) groups is 2. The lowest BCUT2D eigenvalue weighted by Gasteiger charge is -2.60. The lowest BCUT2D eigenvalue weighted by atomic mass is 9.52. The molecule has 0 radical (unpaired) electrons. The zero-order chi connectivity index (χ0) is 16.7. The summed E-state index contributed by atoms with van der Waals surface area (Å²) in [7, 11) is 1.42. The molecule has 1 heterocycles. The molecule has 1 amide bonds. The molecule has 1 atom stereocenters. The van der Waals surface area contributed by atoms with Crippen molar-refractivity contribution in [1.82, 2.24) is 4.90 Å². The van der Waals surface area contributed by atoms with Crippen LogP contribution in [0.5, 0.6) is 0 Å². The highest BCUT2D eigenvalue weighted by Gasteiger charge is 2.55. The highest BCUT2D eigenvalue weighted by atomic mass is 16.5. The minimum Gasteiger partial charge on any atom is -0.469 e. The SMILES string of the molecule is COC(=O)CCN(C(=O)C1CCCO1)C12CC3CC(CC(C3)C1)C2. The van der Waals surface area contributed by atoms with Crippen molar-refractivity contribution in [3.63, 3.8) is 0 Å². The molecule has 5 aliphatic rings. The van der Waals surface area contributed by atoms with E-state index in [2.05, 4.69) is 4.90 Å². The first-order valence-corrected chi connectivity index (χ1v) is 9.59. The van der Waals surface area contributed by atoms with Crippen LogP contribution in [0.4, 0.5) is 0 Å². The van der Waals surface area contributed by atoms with E-state index in [9.17, 15) is 9.59 Å². The summed E-state index contributed by atoms with van der Waals surface area (Å²) in [6.45, 7) is 1.17. The van der Waals surface area contributed by atoms with E-state index in [1.54, 1.807) is 0 Å². The van der Waals surface area contributed by atoms with Gasteiger partial charge >= 0.3 is 5.97 Å². The Bertz CT molecular complexity index is 476. The average molecular weight is 335 g/mol. The number of rotatable bonds is 5. The lowest BCUT2D eigenvalue weighted by molar-refractivity contribution is -0.161. The third-order valence-electron chi connectivity index (χ3n) is 6.82. The molecule has 134 valence electrons. The summed E-state index contributed by atoms with van der Waals surface area (Å²) < 4.78 is 10.5. The summed E-state index contributed by atoms with van der Waals surface area (Å²) in [5.41, 5.74) is -0.0220. The number of hydrogen-bond acceptors (Lipinski definition) is 4. The van der Waals surface area contributed by atoms with Crippen molar-refractivity contribution < 1.29 is 19.1 Å². The average Bonchev–Trinajstić information content (AvgIpc) is 3.07. The molecule has 0 spiro atoms. The van der Waals surface area contributed by atoms with Crippen LogP contribution >= 0.6 is 0 Å². The number of esters is 1. The van der Waals surface area contributed by atoms with Crippen molar-refractivity contribution in [2.45, 2.75) is 69.4 Å². The van der Waals surface area contributed by atoms with Crippen molar-refractivity contribution in [3.05, 3.63) is 0 Å². The van der Waals surface area contributed by atoms with Crippen molar-refractivity contribution in [1.29, 1.82) is 0 Å². The van der Waals surface area contributed by atoms with E-state index in [1.165, 1.54) is 26.4 Å². The van der Waals surface area contributed by atoms with Gasteiger partial charge in [-0.05, 0) is 69.1 Å². The van der Waals surface area contributed by atoms with Gasteiger partial charge in [0.25, 0.3) is 5.91 Å². The van der Waals surface area contributed by atoms with E-state index in [-0.39, 0.29) is 29.9 Å². The number of amides is 1. The first kappa shape index (κ1) is 16.4. The molecular weight excluding hydrogens is 306 g/mol. The number of nitrogens with zero attached hydrogens (tertiary/aromatic N) is 1. The maximum Gasteiger partial charge on any atom is 0.307 e. The third kappa shape index (κ3) is 2.85. The van der Waals surface area contributed by atoms with Crippen LogP contribution in [0.2, 0.25) is 0 Å². The fourth-order valence-electron chi connectivity index (χ4n) is 6.23. The van der Waals surface area contributed by atoms with E-state index < -0.39 is 0 Å². The summed E-state index contributed by atoms with van der Waals surface area (Å²) in [5.74, 6) is 2.21. The second-order valence-corrected chi connectivity index (χ2v) is 8.46. The molecule has 4 aliphatic carbocycles. The van der Waals surface area contributed by atoms with E-state index in [4.69, 9.17) is 9.47 Å². The van der Waals surface area contributed by atoms with Gasteiger partial charge in [-0.15, -0.1) is 0 Å². The van der Waals surface area contributed by atoms with Gasteiger partial charge in [0.15, 0.2) is 0 Å². The first-order chi connectivity index (χ1) is 11.6. The molecule has 4 bridgehead atoms. The zero-order valence-electron chi connectivity index (χ0n) is 14.7. The van der Waals surface area contributed by atoms with Crippen LogP contribution in [-0.2, 0) is 19.1 Å². The minimum absolute atomic E-state index is 0.0220. The molecule has 24 heavy (non-hydrogen) atoms. The Morgan fingerprint density at radius 3 is 2.25 bits per heavy atom. The Kier molecular flexibility index (Phi) is 4.31. The first-order valence-electron chi connectivity index (χ1n) is 9.59.